The van der Waals surface area contributed by atoms with E-state index in [-0.39, 0.29) is 0 Å². The molecule has 2 nitrogen and oxygen atoms in total. The summed E-state index contributed by atoms with van der Waals surface area (Å²) >= 11 is 0. The summed E-state index contributed by atoms with van der Waals surface area (Å²) < 4.78 is 0. The van der Waals surface area contributed by atoms with Gasteiger partial charge in [-0.3, -0.25) is 0 Å². The van der Waals surface area contributed by atoms with Gasteiger partial charge in [-0.25, -0.2) is 0 Å². The number of hydrogen-bond donors (Lipinski definition) is 0. The van der Waals surface area contributed by atoms with Crippen LogP contribution in [0.25, 0.3) is 0 Å². The van der Waals surface area contributed by atoms with E-state index in [2.05, 4.69) is 52.0 Å². The van der Waals surface area contributed by atoms with Crippen molar-refractivity contribution < 1.29 is 0 Å². The molecule has 0 saturated carbocycles. The molecule has 1 aliphatic rings. The van der Waals surface area contributed by atoms with Crippen molar-refractivity contribution in [1.82, 2.24) is 0 Å². The van der Waals surface area contributed by atoms with E-state index >= 15 is 0 Å². The predicted octanol–water partition coefficient (Wildman–Crippen LogP) is 9.08. The third kappa shape index (κ3) is 10.6. The summed E-state index contributed by atoms with van der Waals surface area (Å²) in [6.45, 7) is 9.24. The zero-order valence-corrected chi connectivity index (χ0v) is 19.4. The first kappa shape index (κ1) is 25.1. The molecule has 0 spiro atoms. The van der Waals surface area contributed by atoms with Crippen molar-refractivity contribution in [3.63, 3.8) is 0 Å². The van der Waals surface area contributed by atoms with Gasteiger partial charge in [0.1, 0.15) is 0 Å². The highest BCUT2D eigenvalue weighted by atomic mass is 15.1. The molecule has 0 aliphatic carbocycles. The lowest BCUT2D eigenvalue weighted by atomic mass is 9.87. The van der Waals surface area contributed by atoms with E-state index in [0.717, 1.165) is 25.7 Å². The molecule has 4 atom stereocenters. The molecule has 0 fully saturated rings. The van der Waals surface area contributed by atoms with Gasteiger partial charge in [-0.05, 0) is 63.2 Å². The van der Waals surface area contributed by atoms with Gasteiger partial charge in [0.05, 0.1) is 12.1 Å². The van der Waals surface area contributed by atoms with Crippen molar-refractivity contribution in [1.29, 1.82) is 0 Å². The smallest absolute Gasteiger partial charge is 0.0770 e. The summed E-state index contributed by atoms with van der Waals surface area (Å²) in [5.41, 5.74) is 0. The first-order valence-electron chi connectivity index (χ1n) is 12.5. The third-order valence-corrected chi connectivity index (χ3v) is 6.22. The van der Waals surface area contributed by atoms with Gasteiger partial charge >= 0.3 is 0 Å². The Hall–Kier alpha value is -0.920. The van der Waals surface area contributed by atoms with Crippen molar-refractivity contribution in [3.8, 4) is 0 Å². The highest BCUT2D eigenvalue weighted by Gasteiger charge is 2.23. The second-order valence-corrected chi connectivity index (χ2v) is 8.74. The molecule has 2 heteroatoms. The van der Waals surface area contributed by atoms with Gasteiger partial charge in [-0.15, -0.1) is 0 Å². The fourth-order valence-electron chi connectivity index (χ4n) is 4.47. The SMILES string of the molecule is CCCCC(CCC)C1C/C=C/CC/C=C/CC(C(CCC)CCCC)N=N1. The van der Waals surface area contributed by atoms with E-state index in [1.807, 2.05) is 0 Å². The van der Waals surface area contributed by atoms with Crippen LogP contribution < -0.4 is 0 Å². The van der Waals surface area contributed by atoms with Crippen molar-refractivity contribution >= 4 is 0 Å². The Morgan fingerprint density at radius 3 is 1.39 bits per heavy atom. The van der Waals surface area contributed by atoms with Crippen LogP contribution in [0.3, 0.4) is 0 Å². The van der Waals surface area contributed by atoms with Crippen LogP contribution in [0.5, 0.6) is 0 Å². The molecule has 0 radical (unpaired) electrons. The first-order valence-corrected chi connectivity index (χ1v) is 12.5. The molecular formula is C26H48N2. The summed E-state index contributed by atoms with van der Waals surface area (Å²) in [5.74, 6) is 1.38. The number of unbranched alkanes of at least 4 members (excludes halogenated alkanes) is 2. The van der Waals surface area contributed by atoms with Gasteiger partial charge in [-0.2, -0.15) is 10.2 Å². The normalized spacial score (nSPS) is 25.4. The molecule has 162 valence electrons. The molecule has 28 heavy (non-hydrogen) atoms. The Balaban J connectivity index is 3.01. The fraction of sp³-hybridized carbons (Fsp3) is 0.846. The average Bonchev–Trinajstić information content (AvgIpc) is 2.69. The van der Waals surface area contributed by atoms with Gasteiger partial charge in [-0.1, -0.05) is 90.5 Å². The zero-order chi connectivity index (χ0) is 20.5. The summed E-state index contributed by atoms with van der Waals surface area (Å²) in [5, 5.41) is 10.1. The lowest BCUT2D eigenvalue weighted by molar-refractivity contribution is 0.316. The van der Waals surface area contributed by atoms with Crippen LogP contribution in [0, 0.1) is 11.8 Å². The number of hydrogen-bond acceptors (Lipinski definition) is 2. The molecule has 1 aliphatic heterocycles. The van der Waals surface area contributed by atoms with Crippen LogP contribution in [0.15, 0.2) is 34.5 Å². The maximum atomic E-state index is 5.06. The van der Waals surface area contributed by atoms with E-state index in [0.29, 0.717) is 23.9 Å². The first-order chi connectivity index (χ1) is 13.8. The van der Waals surface area contributed by atoms with E-state index in [1.165, 1.54) is 64.2 Å². The second-order valence-electron chi connectivity index (χ2n) is 8.74. The number of allylic oxidation sites excluding steroid dienone is 2. The van der Waals surface area contributed by atoms with Crippen LogP contribution in [0.4, 0.5) is 0 Å². The topological polar surface area (TPSA) is 24.7 Å². The maximum absolute atomic E-state index is 5.06. The Bertz CT molecular complexity index is 398. The summed E-state index contributed by atoms with van der Waals surface area (Å²) in [6, 6.07) is 0.754. The monoisotopic (exact) mass is 388 g/mol. The van der Waals surface area contributed by atoms with Crippen molar-refractivity contribution in [3.05, 3.63) is 24.3 Å². The Kier molecular flexibility index (Phi) is 15.2. The molecule has 0 amide bonds. The second kappa shape index (κ2) is 17.0. The van der Waals surface area contributed by atoms with Gasteiger partial charge in [0, 0.05) is 0 Å². The third-order valence-electron chi connectivity index (χ3n) is 6.22. The van der Waals surface area contributed by atoms with Gasteiger partial charge in [0.2, 0.25) is 0 Å². The van der Waals surface area contributed by atoms with Crippen LogP contribution >= 0.6 is 0 Å². The number of rotatable bonds is 12. The largest absolute Gasteiger partial charge is 0.190 e. The van der Waals surface area contributed by atoms with Crippen molar-refractivity contribution in [2.45, 2.75) is 130 Å². The van der Waals surface area contributed by atoms with E-state index in [4.69, 9.17) is 10.2 Å². The molecule has 1 rings (SSSR count). The number of azo groups is 1. The maximum Gasteiger partial charge on any atom is 0.0770 e. The predicted molar refractivity (Wildman–Crippen MR) is 125 cm³/mol. The lowest BCUT2D eigenvalue weighted by Crippen LogP contribution is -2.22. The van der Waals surface area contributed by atoms with E-state index in [9.17, 15) is 0 Å². The van der Waals surface area contributed by atoms with Gasteiger partial charge < -0.3 is 0 Å². The van der Waals surface area contributed by atoms with Crippen molar-refractivity contribution in [2.24, 2.45) is 22.1 Å². The van der Waals surface area contributed by atoms with Crippen LogP contribution in [-0.4, -0.2) is 12.1 Å². The average molecular weight is 389 g/mol. The summed E-state index contributed by atoms with van der Waals surface area (Å²) in [7, 11) is 0. The van der Waals surface area contributed by atoms with E-state index < -0.39 is 0 Å². The fourth-order valence-corrected chi connectivity index (χ4v) is 4.47. The molecule has 0 aromatic rings. The minimum atomic E-state index is 0.377. The molecule has 1 heterocycles. The molecule has 0 bridgehead atoms. The van der Waals surface area contributed by atoms with Crippen LogP contribution in [0.1, 0.15) is 118 Å². The quantitative estimate of drug-likeness (QED) is 0.298. The summed E-state index contributed by atoms with van der Waals surface area (Å²) in [4.78, 5) is 0. The molecule has 0 aromatic carbocycles. The molecule has 0 N–H and O–H groups in total. The molecular weight excluding hydrogens is 340 g/mol. The van der Waals surface area contributed by atoms with Gasteiger partial charge in [0.15, 0.2) is 0 Å². The Morgan fingerprint density at radius 2 is 1.04 bits per heavy atom. The molecule has 0 saturated heterocycles. The van der Waals surface area contributed by atoms with Crippen molar-refractivity contribution in [2.75, 3.05) is 0 Å². The zero-order valence-electron chi connectivity index (χ0n) is 19.4. The van der Waals surface area contributed by atoms with E-state index in [1.54, 1.807) is 0 Å². The van der Waals surface area contributed by atoms with Crippen LogP contribution in [-0.2, 0) is 0 Å². The standard InChI is InChI=1S/C26H48N2/c1-5-9-19-23(17-7-3)25-21-15-13-11-12-14-16-22-26(28-27-25)24(18-8-4)20-10-6-2/h13-16,23-26H,5-12,17-22H2,1-4H3/b15-13+,16-14+,28-27?. The van der Waals surface area contributed by atoms with Crippen LogP contribution in [0.2, 0.25) is 0 Å². The molecule has 0 aromatic heterocycles. The highest BCUT2D eigenvalue weighted by molar-refractivity contribution is 4.95. The minimum Gasteiger partial charge on any atom is -0.190 e. The Labute approximate surface area is 176 Å². The van der Waals surface area contributed by atoms with Gasteiger partial charge in [0.25, 0.3) is 0 Å². The highest BCUT2D eigenvalue weighted by Crippen LogP contribution is 2.28. The molecule has 4 unspecified atom stereocenters. The number of nitrogens with zero attached hydrogens (tertiary/aromatic N) is 2. The Morgan fingerprint density at radius 1 is 0.607 bits per heavy atom. The lowest BCUT2D eigenvalue weighted by Gasteiger charge is -2.25. The summed E-state index contributed by atoms with van der Waals surface area (Å²) in [6.07, 6.45) is 26.8. The minimum absolute atomic E-state index is 0.377.